The summed E-state index contributed by atoms with van der Waals surface area (Å²) in [5, 5.41) is 0.736. The van der Waals surface area contributed by atoms with Gasteiger partial charge < -0.3 is 18.8 Å². The van der Waals surface area contributed by atoms with E-state index in [0.717, 1.165) is 5.39 Å². The average Bonchev–Trinajstić information content (AvgIpc) is 3.13. The second kappa shape index (κ2) is 7.95. The molecule has 0 saturated heterocycles. The third-order valence-corrected chi connectivity index (χ3v) is 4.18. The molecule has 0 N–H and O–H groups in total. The predicted octanol–water partition coefficient (Wildman–Crippen LogP) is 4.28. The molecule has 0 aliphatic rings. The highest BCUT2D eigenvalue weighted by atomic mass is 16.5. The highest BCUT2D eigenvalue weighted by Crippen LogP contribution is 2.30. The molecule has 1 amide bonds. The van der Waals surface area contributed by atoms with Crippen molar-refractivity contribution in [2.45, 2.75) is 13.8 Å². The number of benzene rings is 2. The van der Waals surface area contributed by atoms with Crippen LogP contribution < -0.4 is 9.64 Å². The fourth-order valence-corrected chi connectivity index (χ4v) is 2.91. The molecule has 6 heteroatoms. The molecule has 0 bridgehead atoms. The van der Waals surface area contributed by atoms with Gasteiger partial charge in [0, 0.05) is 18.3 Å². The number of hydrogen-bond acceptors (Lipinski definition) is 5. The maximum Gasteiger partial charge on any atom is 0.338 e. The van der Waals surface area contributed by atoms with Gasteiger partial charge in [-0.1, -0.05) is 12.1 Å². The predicted molar refractivity (Wildman–Crippen MR) is 103 cm³/mol. The van der Waals surface area contributed by atoms with E-state index in [-0.39, 0.29) is 11.7 Å². The number of esters is 1. The average molecular weight is 367 g/mol. The van der Waals surface area contributed by atoms with Crippen LogP contribution in [0.4, 0.5) is 5.69 Å². The SMILES string of the molecule is CCOC(=O)c1cccc(N(CC)C(=O)c2cc3c(OC)cccc3o2)c1. The lowest BCUT2D eigenvalue weighted by molar-refractivity contribution is 0.0526. The van der Waals surface area contributed by atoms with Crippen molar-refractivity contribution in [3.8, 4) is 5.75 Å². The Morgan fingerprint density at radius 2 is 1.85 bits per heavy atom. The van der Waals surface area contributed by atoms with Crippen molar-refractivity contribution < 1.29 is 23.5 Å². The van der Waals surface area contributed by atoms with Gasteiger partial charge in [-0.05, 0) is 44.2 Å². The minimum Gasteiger partial charge on any atom is -0.496 e. The summed E-state index contributed by atoms with van der Waals surface area (Å²) in [7, 11) is 1.57. The number of fused-ring (bicyclic) bond motifs is 1. The molecule has 0 spiro atoms. The molecule has 0 saturated carbocycles. The van der Waals surface area contributed by atoms with Gasteiger partial charge in [0.15, 0.2) is 5.76 Å². The van der Waals surface area contributed by atoms with Crippen LogP contribution in [0.5, 0.6) is 5.75 Å². The first-order valence-corrected chi connectivity index (χ1v) is 8.74. The summed E-state index contributed by atoms with van der Waals surface area (Å²) in [5.41, 5.74) is 1.57. The summed E-state index contributed by atoms with van der Waals surface area (Å²) in [4.78, 5) is 26.6. The highest BCUT2D eigenvalue weighted by Gasteiger charge is 2.22. The summed E-state index contributed by atoms with van der Waals surface area (Å²) < 4.78 is 16.1. The number of methoxy groups -OCH3 is 1. The Hall–Kier alpha value is -3.28. The summed E-state index contributed by atoms with van der Waals surface area (Å²) in [6.07, 6.45) is 0. The number of nitrogens with zero attached hydrogens (tertiary/aromatic N) is 1. The summed E-state index contributed by atoms with van der Waals surface area (Å²) in [6, 6.07) is 13.9. The van der Waals surface area contributed by atoms with Crippen molar-refractivity contribution in [2.24, 2.45) is 0 Å². The third kappa shape index (κ3) is 3.65. The highest BCUT2D eigenvalue weighted by molar-refractivity contribution is 6.07. The molecule has 0 fully saturated rings. The number of carbonyl (C=O) groups excluding carboxylic acids is 2. The van der Waals surface area contributed by atoms with Crippen LogP contribution in [0.3, 0.4) is 0 Å². The summed E-state index contributed by atoms with van der Waals surface area (Å²) >= 11 is 0. The monoisotopic (exact) mass is 367 g/mol. The van der Waals surface area contributed by atoms with E-state index in [9.17, 15) is 9.59 Å². The molecule has 0 atom stereocenters. The van der Waals surface area contributed by atoms with E-state index in [0.29, 0.717) is 35.7 Å². The topological polar surface area (TPSA) is 69.0 Å². The molecule has 0 aliphatic heterocycles. The zero-order valence-corrected chi connectivity index (χ0v) is 15.5. The lowest BCUT2D eigenvalue weighted by atomic mass is 10.1. The van der Waals surface area contributed by atoms with Crippen LogP contribution in [-0.4, -0.2) is 32.1 Å². The summed E-state index contributed by atoms with van der Waals surface area (Å²) in [5.74, 6) is 0.133. The minimum absolute atomic E-state index is 0.206. The largest absolute Gasteiger partial charge is 0.496 e. The van der Waals surface area contributed by atoms with Crippen molar-refractivity contribution in [2.75, 3.05) is 25.2 Å². The van der Waals surface area contributed by atoms with E-state index in [1.807, 2.05) is 13.0 Å². The molecule has 1 heterocycles. The zero-order chi connectivity index (χ0) is 19.4. The van der Waals surface area contributed by atoms with Crippen LogP contribution in [0.15, 0.2) is 52.9 Å². The van der Waals surface area contributed by atoms with Crippen LogP contribution in [0.25, 0.3) is 11.0 Å². The zero-order valence-electron chi connectivity index (χ0n) is 15.5. The van der Waals surface area contributed by atoms with E-state index >= 15 is 0 Å². The Kier molecular flexibility index (Phi) is 5.45. The quantitative estimate of drug-likeness (QED) is 0.608. The molecule has 0 unspecified atom stereocenters. The number of carbonyl (C=O) groups is 2. The van der Waals surface area contributed by atoms with E-state index in [4.69, 9.17) is 13.9 Å². The Morgan fingerprint density at radius 3 is 2.56 bits per heavy atom. The Morgan fingerprint density at radius 1 is 1.07 bits per heavy atom. The van der Waals surface area contributed by atoms with Gasteiger partial charge >= 0.3 is 5.97 Å². The van der Waals surface area contributed by atoms with E-state index in [1.165, 1.54) is 0 Å². The van der Waals surface area contributed by atoms with Gasteiger partial charge in [-0.3, -0.25) is 4.79 Å². The molecule has 2 aromatic carbocycles. The molecule has 1 aromatic heterocycles. The number of furan rings is 1. The number of amides is 1. The van der Waals surface area contributed by atoms with Crippen LogP contribution in [-0.2, 0) is 4.74 Å². The van der Waals surface area contributed by atoms with Gasteiger partial charge in [0.25, 0.3) is 5.91 Å². The molecular formula is C21H21NO5. The maximum absolute atomic E-state index is 13.0. The number of ether oxygens (including phenoxy) is 2. The van der Waals surface area contributed by atoms with Gasteiger partial charge in [-0.15, -0.1) is 0 Å². The van der Waals surface area contributed by atoms with Crippen molar-refractivity contribution in [3.63, 3.8) is 0 Å². The normalized spacial score (nSPS) is 10.6. The van der Waals surface area contributed by atoms with E-state index in [2.05, 4.69) is 0 Å². The van der Waals surface area contributed by atoms with Crippen LogP contribution in [0, 0.1) is 0 Å². The molecule has 27 heavy (non-hydrogen) atoms. The van der Waals surface area contributed by atoms with Crippen LogP contribution >= 0.6 is 0 Å². The number of anilines is 1. The van der Waals surface area contributed by atoms with Crippen molar-refractivity contribution in [3.05, 3.63) is 59.9 Å². The molecule has 6 nitrogen and oxygen atoms in total. The second-order valence-corrected chi connectivity index (χ2v) is 5.80. The molecule has 0 radical (unpaired) electrons. The number of hydrogen-bond donors (Lipinski definition) is 0. The minimum atomic E-state index is -0.420. The van der Waals surface area contributed by atoms with Crippen molar-refractivity contribution >= 4 is 28.5 Å². The lowest BCUT2D eigenvalue weighted by Crippen LogP contribution is -2.30. The standard InChI is InChI=1S/C21H21NO5/c1-4-22(15-9-6-8-14(12-15)21(24)26-5-2)20(23)19-13-16-17(25-3)10-7-11-18(16)27-19/h6-13H,4-5H2,1-3H3. The maximum atomic E-state index is 13.0. The van der Waals surface area contributed by atoms with Gasteiger partial charge in [0.1, 0.15) is 11.3 Å². The second-order valence-electron chi connectivity index (χ2n) is 5.80. The van der Waals surface area contributed by atoms with E-state index in [1.54, 1.807) is 61.4 Å². The van der Waals surface area contributed by atoms with Gasteiger partial charge in [-0.2, -0.15) is 0 Å². The molecular weight excluding hydrogens is 346 g/mol. The van der Waals surface area contributed by atoms with Gasteiger partial charge in [0.05, 0.1) is 24.7 Å². The first-order chi connectivity index (χ1) is 13.1. The molecule has 140 valence electrons. The first-order valence-electron chi connectivity index (χ1n) is 8.74. The van der Waals surface area contributed by atoms with Crippen LogP contribution in [0.2, 0.25) is 0 Å². The smallest absolute Gasteiger partial charge is 0.338 e. The van der Waals surface area contributed by atoms with Gasteiger partial charge in [-0.25, -0.2) is 4.79 Å². The Balaban J connectivity index is 1.95. The molecule has 0 aliphatic carbocycles. The molecule has 3 aromatic rings. The first kappa shape index (κ1) is 18.5. The summed E-state index contributed by atoms with van der Waals surface area (Å²) in [6.45, 7) is 4.32. The molecule has 3 rings (SSSR count). The Labute approximate surface area is 157 Å². The Bertz CT molecular complexity index is 976. The third-order valence-electron chi connectivity index (χ3n) is 4.18. The van der Waals surface area contributed by atoms with Crippen LogP contribution in [0.1, 0.15) is 34.8 Å². The number of rotatable bonds is 6. The van der Waals surface area contributed by atoms with Gasteiger partial charge in [0.2, 0.25) is 0 Å². The van der Waals surface area contributed by atoms with E-state index < -0.39 is 5.97 Å². The fraction of sp³-hybridized carbons (Fsp3) is 0.238. The lowest BCUT2D eigenvalue weighted by Gasteiger charge is -2.20. The van der Waals surface area contributed by atoms with Crippen molar-refractivity contribution in [1.29, 1.82) is 0 Å². The van der Waals surface area contributed by atoms with Crippen molar-refractivity contribution in [1.82, 2.24) is 0 Å². The fourth-order valence-electron chi connectivity index (χ4n) is 2.91.